The van der Waals surface area contributed by atoms with Crippen LogP contribution in [0.5, 0.6) is 5.88 Å². The maximum absolute atomic E-state index is 13.6. The van der Waals surface area contributed by atoms with E-state index in [1.165, 1.54) is 12.1 Å². The molecule has 1 fully saturated rings. The third-order valence-electron chi connectivity index (χ3n) is 6.24. The van der Waals surface area contributed by atoms with Gasteiger partial charge in [0, 0.05) is 36.8 Å². The molecule has 1 unspecified atom stereocenters. The second-order valence-corrected chi connectivity index (χ2v) is 8.14. The smallest absolute Gasteiger partial charge is 0.328 e. The molecule has 3 N–H and O–H groups in total. The van der Waals surface area contributed by atoms with E-state index in [1.54, 1.807) is 11.0 Å². The number of halogens is 1. The van der Waals surface area contributed by atoms with Gasteiger partial charge in [0.05, 0.1) is 5.56 Å². The van der Waals surface area contributed by atoms with Crippen molar-refractivity contribution in [1.29, 1.82) is 0 Å². The second-order valence-electron chi connectivity index (χ2n) is 8.14. The Balaban J connectivity index is 1.38. The zero-order valence-corrected chi connectivity index (χ0v) is 16.4. The van der Waals surface area contributed by atoms with Gasteiger partial charge in [-0.2, -0.15) is 0 Å². The number of nitrogens with one attached hydrogen (secondary N) is 3. The van der Waals surface area contributed by atoms with Crippen LogP contribution in [0.3, 0.4) is 0 Å². The molecular weight excluding hydrogens is 391 g/mol. The number of aromatic amines is 3. The number of hydrogen-bond acceptors (Lipinski definition) is 4. The van der Waals surface area contributed by atoms with Crippen LogP contribution in [0.25, 0.3) is 10.9 Å². The number of carbonyl (C=O) groups is 1. The van der Waals surface area contributed by atoms with E-state index in [-0.39, 0.29) is 17.6 Å². The lowest BCUT2D eigenvalue weighted by molar-refractivity contribution is 0.0654. The number of aromatic nitrogens is 3. The number of carbonyl (C=O) groups excluding carboxylic acids is 1. The summed E-state index contributed by atoms with van der Waals surface area (Å²) < 4.78 is 19.6. The van der Waals surface area contributed by atoms with E-state index in [1.807, 2.05) is 6.92 Å². The monoisotopic (exact) mass is 412 g/mol. The summed E-state index contributed by atoms with van der Waals surface area (Å²) in [7, 11) is 0. The van der Waals surface area contributed by atoms with Crippen LogP contribution < -0.4 is 16.0 Å². The molecule has 5 rings (SSSR count). The first-order chi connectivity index (χ1) is 14.3. The van der Waals surface area contributed by atoms with Crippen molar-refractivity contribution in [3.05, 3.63) is 61.7 Å². The predicted molar refractivity (Wildman–Crippen MR) is 107 cm³/mol. The summed E-state index contributed by atoms with van der Waals surface area (Å²) in [5.41, 5.74) is 0.734. The summed E-state index contributed by atoms with van der Waals surface area (Å²) >= 11 is 0. The van der Waals surface area contributed by atoms with Gasteiger partial charge in [0.2, 0.25) is 5.88 Å². The topological polar surface area (TPSA) is 111 Å². The molecule has 0 bridgehead atoms. The number of ether oxygens (including phenoxy) is 1. The zero-order valence-electron chi connectivity index (χ0n) is 16.4. The fraction of sp³-hybridized carbons (Fsp3) is 0.381. The first-order valence-electron chi connectivity index (χ1n) is 9.97. The minimum atomic E-state index is -0.604. The van der Waals surface area contributed by atoms with E-state index in [0.717, 1.165) is 11.1 Å². The highest BCUT2D eigenvalue weighted by Gasteiger charge is 2.43. The number of benzene rings is 1. The lowest BCUT2D eigenvalue weighted by Crippen LogP contribution is -2.37. The Morgan fingerprint density at radius 1 is 1.17 bits per heavy atom. The summed E-state index contributed by atoms with van der Waals surface area (Å²) in [5.74, 6) is -0.244. The maximum atomic E-state index is 13.6. The van der Waals surface area contributed by atoms with E-state index >= 15 is 0 Å². The van der Waals surface area contributed by atoms with Gasteiger partial charge in [0.15, 0.2) is 0 Å². The highest BCUT2D eigenvalue weighted by molar-refractivity contribution is 6.00. The van der Waals surface area contributed by atoms with Gasteiger partial charge in [-0.15, -0.1) is 0 Å². The van der Waals surface area contributed by atoms with Crippen LogP contribution in [0.15, 0.2) is 27.8 Å². The Kier molecular flexibility index (Phi) is 4.09. The van der Waals surface area contributed by atoms with Gasteiger partial charge in [-0.25, -0.2) is 9.18 Å². The van der Waals surface area contributed by atoms with Crippen LogP contribution >= 0.6 is 0 Å². The number of rotatable bonds is 1. The zero-order chi connectivity index (χ0) is 21.0. The van der Waals surface area contributed by atoms with Crippen LogP contribution in [0.1, 0.15) is 40.9 Å². The van der Waals surface area contributed by atoms with Gasteiger partial charge in [0.1, 0.15) is 17.1 Å². The largest absolute Gasteiger partial charge is 0.471 e. The highest BCUT2D eigenvalue weighted by Crippen LogP contribution is 2.38. The molecule has 2 aliphatic rings. The van der Waals surface area contributed by atoms with E-state index in [0.29, 0.717) is 55.4 Å². The Bertz CT molecular complexity index is 1290. The average Bonchev–Trinajstić information content (AvgIpc) is 3.14. The van der Waals surface area contributed by atoms with Crippen molar-refractivity contribution in [1.82, 2.24) is 19.9 Å². The Morgan fingerprint density at radius 2 is 2.00 bits per heavy atom. The highest BCUT2D eigenvalue weighted by atomic mass is 19.1. The fourth-order valence-electron chi connectivity index (χ4n) is 4.63. The van der Waals surface area contributed by atoms with Crippen LogP contribution in [-0.4, -0.2) is 44.4 Å². The SMILES string of the molecule is Cc1c(C(=O)N2CCCC3(CC2)Cc2c([nH]c(=O)[nH]c2=O)O3)[nH]c2ccc(F)cc12. The summed E-state index contributed by atoms with van der Waals surface area (Å²) in [6.45, 7) is 2.82. The molecule has 1 aromatic carbocycles. The summed E-state index contributed by atoms with van der Waals surface area (Å²) in [5, 5.41) is 0.697. The lowest BCUT2D eigenvalue weighted by Gasteiger charge is -2.27. The van der Waals surface area contributed by atoms with Crippen molar-refractivity contribution in [2.24, 2.45) is 0 Å². The van der Waals surface area contributed by atoms with E-state index in [2.05, 4.69) is 15.0 Å². The van der Waals surface area contributed by atoms with Gasteiger partial charge in [-0.1, -0.05) is 0 Å². The molecule has 1 saturated heterocycles. The van der Waals surface area contributed by atoms with E-state index in [4.69, 9.17) is 4.74 Å². The lowest BCUT2D eigenvalue weighted by atomic mass is 9.90. The molecular formula is C21H21FN4O4. The van der Waals surface area contributed by atoms with Crippen molar-refractivity contribution in [2.45, 2.75) is 38.2 Å². The molecule has 3 aromatic rings. The molecule has 0 aliphatic carbocycles. The predicted octanol–water partition coefficient (Wildman–Crippen LogP) is 1.99. The first kappa shape index (κ1) is 18.7. The van der Waals surface area contributed by atoms with Gasteiger partial charge in [0.25, 0.3) is 11.5 Å². The number of nitrogens with zero attached hydrogens (tertiary/aromatic N) is 1. The summed E-state index contributed by atoms with van der Waals surface area (Å²) in [6.07, 6.45) is 2.32. The van der Waals surface area contributed by atoms with E-state index < -0.39 is 16.9 Å². The average molecular weight is 412 g/mol. The molecule has 9 heteroatoms. The summed E-state index contributed by atoms with van der Waals surface area (Å²) in [4.78, 5) is 46.5. The molecule has 0 saturated carbocycles. The van der Waals surface area contributed by atoms with Gasteiger partial charge < -0.3 is 14.6 Å². The summed E-state index contributed by atoms with van der Waals surface area (Å²) in [6, 6.07) is 4.42. The maximum Gasteiger partial charge on any atom is 0.328 e. The Labute approximate surface area is 170 Å². The number of hydrogen-bond donors (Lipinski definition) is 3. The minimum Gasteiger partial charge on any atom is -0.471 e. The molecule has 156 valence electrons. The molecule has 4 heterocycles. The van der Waals surface area contributed by atoms with Crippen molar-refractivity contribution in [2.75, 3.05) is 13.1 Å². The number of aryl methyl sites for hydroxylation is 1. The molecule has 2 aromatic heterocycles. The molecule has 2 aliphatic heterocycles. The fourth-order valence-corrected chi connectivity index (χ4v) is 4.63. The number of amides is 1. The molecule has 1 spiro atoms. The third kappa shape index (κ3) is 2.92. The first-order valence-corrected chi connectivity index (χ1v) is 9.97. The van der Waals surface area contributed by atoms with Crippen LogP contribution in [0, 0.1) is 12.7 Å². The van der Waals surface area contributed by atoms with Crippen LogP contribution in [0.2, 0.25) is 0 Å². The van der Waals surface area contributed by atoms with Crippen LogP contribution in [0.4, 0.5) is 4.39 Å². The van der Waals surface area contributed by atoms with Gasteiger partial charge in [-0.05, 0) is 43.5 Å². The standard InChI is InChI=1S/C21H21FN4O4/c1-11-13-9-12(22)3-4-15(13)23-16(11)19(28)26-7-2-5-21(6-8-26)10-14-17(27)24-20(29)25-18(14)30-21/h3-4,9,23H,2,5-8,10H2,1H3,(H2,24,25,27,29). The molecule has 0 radical (unpaired) electrons. The van der Waals surface area contributed by atoms with Crippen LogP contribution in [-0.2, 0) is 6.42 Å². The number of likely N-dealkylation sites (tertiary alicyclic amines) is 1. The van der Waals surface area contributed by atoms with Gasteiger partial charge in [-0.3, -0.25) is 19.6 Å². The molecule has 1 amide bonds. The quantitative estimate of drug-likeness (QED) is 0.568. The van der Waals surface area contributed by atoms with Crippen molar-refractivity contribution in [3.63, 3.8) is 0 Å². The minimum absolute atomic E-state index is 0.136. The number of H-pyrrole nitrogens is 3. The molecule has 30 heavy (non-hydrogen) atoms. The van der Waals surface area contributed by atoms with Gasteiger partial charge >= 0.3 is 5.69 Å². The van der Waals surface area contributed by atoms with Crippen molar-refractivity contribution < 1.29 is 13.9 Å². The molecule has 8 nitrogen and oxygen atoms in total. The van der Waals surface area contributed by atoms with Crippen molar-refractivity contribution in [3.8, 4) is 5.88 Å². The second kappa shape index (κ2) is 6.58. The van der Waals surface area contributed by atoms with E-state index in [9.17, 15) is 18.8 Å². The Hall–Kier alpha value is -3.36. The van der Waals surface area contributed by atoms with Crippen molar-refractivity contribution >= 4 is 16.8 Å². The normalized spacial score (nSPS) is 20.9. The Morgan fingerprint density at radius 3 is 2.83 bits per heavy atom. The third-order valence-corrected chi connectivity index (χ3v) is 6.24. The number of fused-ring (bicyclic) bond motifs is 2. The molecule has 1 atom stereocenters.